The molecule has 0 bridgehead atoms. The summed E-state index contributed by atoms with van der Waals surface area (Å²) < 4.78 is 1.79. The molecule has 2 rings (SSSR count). The van der Waals surface area contributed by atoms with Gasteiger partial charge in [0.1, 0.15) is 0 Å². The summed E-state index contributed by atoms with van der Waals surface area (Å²) in [4.78, 5) is 23.1. The molecule has 1 aromatic heterocycles. The molecule has 5 nitrogen and oxygen atoms in total. The molecule has 21 heavy (non-hydrogen) atoms. The molecule has 5 heteroatoms. The summed E-state index contributed by atoms with van der Waals surface area (Å²) in [6, 6.07) is 6.85. The van der Waals surface area contributed by atoms with Gasteiger partial charge in [-0.15, -0.1) is 0 Å². The molecular formula is C16H17N3O2. The third kappa shape index (κ3) is 4.14. The number of Topliss-reactive ketones (excluding diaryl/α,β-unsaturated/α-hetero) is 1. The molecule has 0 unspecified atom stereocenters. The molecule has 0 aliphatic rings. The van der Waals surface area contributed by atoms with E-state index in [1.807, 2.05) is 13.1 Å². The molecular weight excluding hydrogens is 266 g/mol. The van der Waals surface area contributed by atoms with Gasteiger partial charge in [0.2, 0.25) is 5.91 Å². The molecule has 0 saturated carbocycles. The topological polar surface area (TPSA) is 64.0 Å². The number of benzene rings is 1. The second kappa shape index (κ2) is 6.65. The number of hydrogen-bond donors (Lipinski definition) is 1. The van der Waals surface area contributed by atoms with E-state index >= 15 is 0 Å². The highest BCUT2D eigenvalue weighted by Gasteiger charge is 2.02. The smallest absolute Gasteiger partial charge is 0.248 e. The maximum atomic E-state index is 11.8. The fourth-order valence-electron chi connectivity index (χ4n) is 1.81. The fourth-order valence-corrected chi connectivity index (χ4v) is 1.81. The van der Waals surface area contributed by atoms with Gasteiger partial charge in [0.25, 0.3) is 0 Å². The van der Waals surface area contributed by atoms with Crippen LogP contribution in [0.3, 0.4) is 0 Å². The Balaban J connectivity index is 2.01. The minimum atomic E-state index is -0.250. The van der Waals surface area contributed by atoms with Crippen molar-refractivity contribution in [3.8, 4) is 0 Å². The number of rotatable bonds is 5. The van der Waals surface area contributed by atoms with Crippen LogP contribution in [0.4, 0.5) is 5.69 Å². The number of carbonyl (C=O) groups is 2. The van der Waals surface area contributed by atoms with Crippen molar-refractivity contribution >= 4 is 23.5 Å². The SMILES string of the molecule is CCn1cc(/C=C/C(=O)Nc2cccc(C(C)=O)c2)cn1. The lowest BCUT2D eigenvalue weighted by Crippen LogP contribution is -2.08. The minimum absolute atomic E-state index is 0.0337. The van der Waals surface area contributed by atoms with Gasteiger partial charge in [-0.05, 0) is 32.1 Å². The molecule has 0 aliphatic carbocycles. The highest BCUT2D eigenvalue weighted by Crippen LogP contribution is 2.11. The lowest BCUT2D eigenvalue weighted by molar-refractivity contribution is -0.111. The lowest BCUT2D eigenvalue weighted by atomic mass is 10.1. The Morgan fingerprint density at radius 3 is 2.86 bits per heavy atom. The molecule has 1 aromatic carbocycles. The summed E-state index contributed by atoms with van der Waals surface area (Å²) in [7, 11) is 0. The maximum Gasteiger partial charge on any atom is 0.248 e. The largest absolute Gasteiger partial charge is 0.322 e. The summed E-state index contributed by atoms with van der Waals surface area (Å²) in [6.07, 6.45) is 6.70. The first-order valence-electron chi connectivity index (χ1n) is 6.71. The Morgan fingerprint density at radius 1 is 1.38 bits per heavy atom. The summed E-state index contributed by atoms with van der Waals surface area (Å²) in [5, 5.41) is 6.85. The number of ketones is 1. The van der Waals surface area contributed by atoms with Crippen LogP contribution in [0.15, 0.2) is 42.7 Å². The zero-order valence-electron chi connectivity index (χ0n) is 12.0. The number of aryl methyl sites for hydroxylation is 1. The van der Waals surface area contributed by atoms with Crippen molar-refractivity contribution < 1.29 is 9.59 Å². The molecule has 0 saturated heterocycles. The molecule has 0 spiro atoms. The first-order chi connectivity index (χ1) is 10.1. The fraction of sp³-hybridized carbons (Fsp3) is 0.188. The number of aromatic nitrogens is 2. The van der Waals surface area contributed by atoms with E-state index in [4.69, 9.17) is 0 Å². The van der Waals surface area contributed by atoms with Gasteiger partial charge in [-0.3, -0.25) is 14.3 Å². The number of anilines is 1. The van der Waals surface area contributed by atoms with Crippen LogP contribution in [0.25, 0.3) is 6.08 Å². The normalized spacial score (nSPS) is 10.8. The predicted octanol–water partition coefficient (Wildman–Crippen LogP) is 2.76. The van der Waals surface area contributed by atoms with Crippen molar-refractivity contribution in [3.05, 3.63) is 53.9 Å². The molecule has 0 fully saturated rings. The van der Waals surface area contributed by atoms with Gasteiger partial charge < -0.3 is 5.32 Å². The lowest BCUT2D eigenvalue weighted by Gasteiger charge is -2.03. The van der Waals surface area contributed by atoms with E-state index in [0.717, 1.165) is 12.1 Å². The standard InChI is InChI=1S/C16H17N3O2/c1-3-19-11-13(10-17-19)7-8-16(21)18-15-6-4-5-14(9-15)12(2)20/h4-11H,3H2,1-2H3,(H,18,21)/b8-7+. The van der Waals surface area contributed by atoms with Crippen LogP contribution in [-0.2, 0) is 11.3 Å². The maximum absolute atomic E-state index is 11.8. The molecule has 1 amide bonds. The number of nitrogens with zero attached hydrogens (tertiary/aromatic N) is 2. The van der Waals surface area contributed by atoms with Crippen molar-refractivity contribution in [3.63, 3.8) is 0 Å². The van der Waals surface area contributed by atoms with Crippen molar-refractivity contribution in [1.29, 1.82) is 0 Å². The van der Waals surface area contributed by atoms with E-state index in [9.17, 15) is 9.59 Å². The Labute approximate surface area is 123 Å². The highest BCUT2D eigenvalue weighted by molar-refractivity contribution is 6.03. The van der Waals surface area contributed by atoms with E-state index < -0.39 is 0 Å². The Morgan fingerprint density at radius 2 is 2.19 bits per heavy atom. The second-order valence-electron chi connectivity index (χ2n) is 4.59. The second-order valence-corrected chi connectivity index (χ2v) is 4.59. The van der Waals surface area contributed by atoms with Gasteiger partial charge in [0.05, 0.1) is 6.20 Å². The van der Waals surface area contributed by atoms with E-state index in [0.29, 0.717) is 11.3 Å². The van der Waals surface area contributed by atoms with Crippen LogP contribution in [0, 0.1) is 0 Å². The van der Waals surface area contributed by atoms with E-state index in [1.165, 1.54) is 13.0 Å². The molecule has 0 radical (unpaired) electrons. The number of nitrogens with one attached hydrogen (secondary N) is 1. The third-order valence-electron chi connectivity index (χ3n) is 2.94. The first kappa shape index (κ1) is 14.7. The number of hydrogen-bond acceptors (Lipinski definition) is 3. The first-order valence-corrected chi connectivity index (χ1v) is 6.71. The molecule has 1 N–H and O–H groups in total. The number of amides is 1. The Hall–Kier alpha value is -2.69. The monoisotopic (exact) mass is 283 g/mol. The van der Waals surface area contributed by atoms with Crippen LogP contribution >= 0.6 is 0 Å². The Kier molecular flexibility index (Phi) is 4.66. The van der Waals surface area contributed by atoms with E-state index in [-0.39, 0.29) is 11.7 Å². The molecule has 0 aliphatic heterocycles. The summed E-state index contributed by atoms with van der Waals surface area (Å²) in [5.74, 6) is -0.284. The number of carbonyl (C=O) groups excluding carboxylic acids is 2. The van der Waals surface area contributed by atoms with Crippen molar-refractivity contribution in [2.75, 3.05) is 5.32 Å². The molecule has 2 aromatic rings. The van der Waals surface area contributed by atoms with E-state index in [2.05, 4.69) is 10.4 Å². The van der Waals surface area contributed by atoms with Gasteiger partial charge in [0, 0.05) is 35.6 Å². The third-order valence-corrected chi connectivity index (χ3v) is 2.94. The van der Waals surface area contributed by atoms with Crippen LogP contribution in [0.2, 0.25) is 0 Å². The molecule has 1 heterocycles. The van der Waals surface area contributed by atoms with Crippen LogP contribution in [0.1, 0.15) is 29.8 Å². The van der Waals surface area contributed by atoms with Gasteiger partial charge in [-0.2, -0.15) is 5.10 Å². The Bertz CT molecular complexity index is 686. The van der Waals surface area contributed by atoms with Crippen molar-refractivity contribution in [2.24, 2.45) is 0 Å². The molecule has 108 valence electrons. The van der Waals surface area contributed by atoms with Gasteiger partial charge >= 0.3 is 0 Å². The van der Waals surface area contributed by atoms with Gasteiger partial charge in [-0.1, -0.05) is 12.1 Å². The molecule has 0 atom stereocenters. The quantitative estimate of drug-likeness (QED) is 0.678. The van der Waals surface area contributed by atoms with Crippen LogP contribution in [0.5, 0.6) is 0 Å². The van der Waals surface area contributed by atoms with Gasteiger partial charge in [0.15, 0.2) is 5.78 Å². The summed E-state index contributed by atoms with van der Waals surface area (Å²) in [6.45, 7) is 4.28. The average molecular weight is 283 g/mol. The van der Waals surface area contributed by atoms with Crippen molar-refractivity contribution in [2.45, 2.75) is 20.4 Å². The predicted molar refractivity (Wildman–Crippen MR) is 82.0 cm³/mol. The highest BCUT2D eigenvalue weighted by atomic mass is 16.1. The van der Waals surface area contributed by atoms with Crippen LogP contribution < -0.4 is 5.32 Å². The van der Waals surface area contributed by atoms with Crippen molar-refractivity contribution in [1.82, 2.24) is 9.78 Å². The summed E-state index contributed by atoms with van der Waals surface area (Å²) >= 11 is 0. The minimum Gasteiger partial charge on any atom is -0.322 e. The average Bonchev–Trinajstić information content (AvgIpc) is 2.93. The van der Waals surface area contributed by atoms with Crippen LogP contribution in [-0.4, -0.2) is 21.5 Å². The zero-order chi connectivity index (χ0) is 15.2. The zero-order valence-corrected chi connectivity index (χ0v) is 12.0. The van der Waals surface area contributed by atoms with E-state index in [1.54, 1.807) is 41.2 Å². The summed E-state index contributed by atoms with van der Waals surface area (Å²) in [5.41, 5.74) is 2.03. The van der Waals surface area contributed by atoms with Gasteiger partial charge in [-0.25, -0.2) is 0 Å².